The van der Waals surface area contributed by atoms with Crippen molar-refractivity contribution >= 4 is 16.8 Å². The molecule has 1 aliphatic rings. The summed E-state index contributed by atoms with van der Waals surface area (Å²) in [7, 11) is 1.66. The Hall–Kier alpha value is -3.60. The number of carbonyl (C=O) groups is 1. The van der Waals surface area contributed by atoms with E-state index in [1.54, 1.807) is 7.11 Å². The fraction of sp³-hybridized carbons (Fsp3) is 0.200. The molecule has 0 fully saturated rings. The molecule has 150 valence electrons. The number of nitrogens with one attached hydrogen (secondary N) is 1. The second kappa shape index (κ2) is 7.67. The molecule has 0 saturated carbocycles. The first kappa shape index (κ1) is 18.4. The normalized spacial score (nSPS) is 13.9. The lowest BCUT2D eigenvalue weighted by Gasteiger charge is -2.21. The van der Waals surface area contributed by atoms with Crippen LogP contribution in [0.1, 0.15) is 27.9 Å². The smallest absolute Gasteiger partial charge is 0.254 e. The molecule has 5 rings (SSSR count). The monoisotopic (exact) mass is 397 g/mol. The topological polar surface area (TPSA) is 58.2 Å². The zero-order valence-electron chi connectivity index (χ0n) is 16.9. The number of ether oxygens (including phenoxy) is 1. The van der Waals surface area contributed by atoms with E-state index in [1.807, 2.05) is 53.6 Å². The molecule has 0 unspecified atom stereocenters. The number of aryl methyl sites for hydroxylation is 1. The zero-order chi connectivity index (χ0) is 20.5. The Morgan fingerprint density at radius 3 is 2.83 bits per heavy atom. The van der Waals surface area contributed by atoms with Crippen molar-refractivity contribution in [2.75, 3.05) is 13.7 Å². The number of aromatic amines is 1. The number of aromatic nitrogens is 2. The lowest BCUT2D eigenvalue weighted by molar-refractivity contribution is 0.0748. The van der Waals surface area contributed by atoms with Crippen molar-refractivity contribution in [2.45, 2.75) is 19.4 Å². The average Bonchev–Trinajstić information content (AvgIpc) is 3.20. The molecule has 1 aliphatic heterocycles. The van der Waals surface area contributed by atoms with Crippen LogP contribution in [0.25, 0.3) is 22.0 Å². The molecule has 1 aromatic heterocycles. The van der Waals surface area contributed by atoms with Gasteiger partial charge in [0, 0.05) is 24.0 Å². The maximum absolute atomic E-state index is 13.3. The van der Waals surface area contributed by atoms with Crippen LogP contribution in [0.2, 0.25) is 0 Å². The molecule has 0 radical (unpaired) electrons. The molecule has 0 aliphatic carbocycles. The van der Waals surface area contributed by atoms with Gasteiger partial charge in [-0.1, -0.05) is 30.3 Å². The second-order valence-electron chi connectivity index (χ2n) is 7.73. The Morgan fingerprint density at radius 2 is 1.93 bits per heavy atom. The van der Waals surface area contributed by atoms with E-state index >= 15 is 0 Å². The third-order valence-corrected chi connectivity index (χ3v) is 5.78. The summed E-state index contributed by atoms with van der Waals surface area (Å²) in [5.74, 6) is 0.913. The van der Waals surface area contributed by atoms with Gasteiger partial charge >= 0.3 is 0 Å². The average molecular weight is 397 g/mol. The van der Waals surface area contributed by atoms with Crippen LogP contribution in [-0.4, -0.2) is 34.7 Å². The number of methoxy groups -OCH3 is 1. The third kappa shape index (κ3) is 3.43. The van der Waals surface area contributed by atoms with Gasteiger partial charge in [0.15, 0.2) is 0 Å². The fourth-order valence-electron chi connectivity index (χ4n) is 4.19. The first-order valence-corrected chi connectivity index (χ1v) is 10.2. The number of hydrogen-bond donors (Lipinski definition) is 1. The predicted molar refractivity (Wildman–Crippen MR) is 118 cm³/mol. The minimum absolute atomic E-state index is 0.0992. The summed E-state index contributed by atoms with van der Waals surface area (Å²) in [6, 6.07) is 20.4. The largest absolute Gasteiger partial charge is 0.497 e. The van der Waals surface area contributed by atoms with Crippen molar-refractivity contribution in [3.63, 3.8) is 0 Å². The highest BCUT2D eigenvalue weighted by molar-refractivity contribution is 5.97. The lowest BCUT2D eigenvalue weighted by Crippen LogP contribution is -2.30. The summed E-state index contributed by atoms with van der Waals surface area (Å²) in [4.78, 5) is 15.2. The van der Waals surface area contributed by atoms with Crippen LogP contribution in [0.15, 0.2) is 66.9 Å². The quantitative estimate of drug-likeness (QED) is 0.537. The predicted octanol–water partition coefficient (Wildman–Crippen LogP) is 4.83. The van der Waals surface area contributed by atoms with E-state index in [9.17, 15) is 4.79 Å². The zero-order valence-corrected chi connectivity index (χ0v) is 16.9. The van der Waals surface area contributed by atoms with Crippen LogP contribution >= 0.6 is 0 Å². The van der Waals surface area contributed by atoms with Crippen molar-refractivity contribution in [1.29, 1.82) is 0 Å². The third-order valence-electron chi connectivity index (χ3n) is 5.78. The SMILES string of the molecule is COc1cccc(CN2CCCc3cc(-c4ccc5[nH]ncc5c4)ccc3C2=O)c1. The molecule has 4 aromatic rings. The molecule has 1 amide bonds. The highest BCUT2D eigenvalue weighted by Crippen LogP contribution is 2.29. The lowest BCUT2D eigenvalue weighted by atomic mass is 9.96. The Kier molecular flexibility index (Phi) is 4.71. The highest BCUT2D eigenvalue weighted by atomic mass is 16.5. The summed E-state index contributed by atoms with van der Waals surface area (Å²) >= 11 is 0. The van der Waals surface area contributed by atoms with Gasteiger partial charge in [-0.25, -0.2) is 0 Å². The molecule has 30 heavy (non-hydrogen) atoms. The Balaban J connectivity index is 1.43. The van der Waals surface area contributed by atoms with Crippen molar-refractivity contribution in [3.8, 4) is 16.9 Å². The molecule has 5 heteroatoms. The molecule has 0 atom stereocenters. The maximum atomic E-state index is 13.3. The standard InChI is InChI=1S/C25H23N3O2/c1-30-22-6-2-4-17(12-22)16-28-11-3-5-20-13-18(7-9-23(20)25(28)29)19-8-10-24-21(14-19)15-26-27-24/h2,4,6-10,12-15H,3,5,11,16H2,1H3,(H,26,27). The van der Waals surface area contributed by atoms with E-state index in [0.717, 1.165) is 63.9 Å². The maximum Gasteiger partial charge on any atom is 0.254 e. The van der Waals surface area contributed by atoms with Gasteiger partial charge in [-0.2, -0.15) is 5.10 Å². The van der Waals surface area contributed by atoms with Crippen molar-refractivity contribution in [3.05, 3.63) is 83.6 Å². The Morgan fingerprint density at radius 1 is 1.07 bits per heavy atom. The van der Waals surface area contributed by atoms with E-state index in [1.165, 1.54) is 0 Å². The summed E-state index contributed by atoms with van der Waals surface area (Å²) in [6.45, 7) is 1.34. The summed E-state index contributed by atoms with van der Waals surface area (Å²) < 4.78 is 5.32. The van der Waals surface area contributed by atoms with E-state index < -0.39 is 0 Å². The summed E-state index contributed by atoms with van der Waals surface area (Å²) in [5.41, 5.74) is 6.30. The summed E-state index contributed by atoms with van der Waals surface area (Å²) in [5, 5.41) is 8.17. The van der Waals surface area contributed by atoms with Crippen molar-refractivity contribution in [1.82, 2.24) is 15.1 Å². The van der Waals surface area contributed by atoms with Crippen LogP contribution in [-0.2, 0) is 13.0 Å². The number of amides is 1. The second-order valence-corrected chi connectivity index (χ2v) is 7.73. The number of carbonyl (C=O) groups excluding carboxylic acids is 1. The molecular formula is C25H23N3O2. The van der Waals surface area contributed by atoms with Crippen LogP contribution in [0, 0.1) is 0 Å². The molecule has 0 spiro atoms. The number of hydrogen-bond acceptors (Lipinski definition) is 3. The van der Waals surface area contributed by atoms with E-state index in [2.05, 4.69) is 28.4 Å². The molecular weight excluding hydrogens is 374 g/mol. The molecule has 0 bridgehead atoms. The summed E-state index contributed by atoms with van der Waals surface area (Å²) in [6.07, 6.45) is 3.69. The van der Waals surface area contributed by atoms with Crippen molar-refractivity contribution in [2.24, 2.45) is 0 Å². The van der Waals surface area contributed by atoms with Crippen LogP contribution in [0.5, 0.6) is 5.75 Å². The number of rotatable bonds is 4. The van der Waals surface area contributed by atoms with Gasteiger partial charge < -0.3 is 9.64 Å². The molecule has 1 N–H and O–H groups in total. The first-order valence-electron chi connectivity index (χ1n) is 10.2. The molecule has 0 saturated heterocycles. The number of benzene rings is 3. The minimum Gasteiger partial charge on any atom is -0.497 e. The van der Waals surface area contributed by atoms with Gasteiger partial charge in [0.25, 0.3) is 5.91 Å². The van der Waals surface area contributed by atoms with Gasteiger partial charge in [-0.15, -0.1) is 0 Å². The molecule has 5 nitrogen and oxygen atoms in total. The van der Waals surface area contributed by atoms with Gasteiger partial charge in [-0.05, 0) is 65.4 Å². The minimum atomic E-state index is 0.0992. The number of H-pyrrole nitrogens is 1. The Bertz CT molecular complexity index is 1230. The van der Waals surface area contributed by atoms with E-state index in [-0.39, 0.29) is 5.91 Å². The van der Waals surface area contributed by atoms with Crippen molar-refractivity contribution < 1.29 is 9.53 Å². The fourth-order valence-corrected chi connectivity index (χ4v) is 4.19. The molecule has 3 aromatic carbocycles. The molecule has 2 heterocycles. The van der Waals surface area contributed by atoms with E-state index in [4.69, 9.17) is 4.74 Å². The van der Waals surface area contributed by atoms with Crippen LogP contribution in [0.4, 0.5) is 0 Å². The number of nitrogens with zero attached hydrogens (tertiary/aromatic N) is 2. The Labute approximate surface area is 175 Å². The van der Waals surface area contributed by atoms with Gasteiger partial charge in [-0.3, -0.25) is 9.89 Å². The van der Waals surface area contributed by atoms with E-state index in [0.29, 0.717) is 6.54 Å². The van der Waals surface area contributed by atoms with Gasteiger partial charge in [0.05, 0.1) is 18.8 Å². The van der Waals surface area contributed by atoms with Gasteiger partial charge in [0.2, 0.25) is 0 Å². The van der Waals surface area contributed by atoms with Crippen LogP contribution in [0.3, 0.4) is 0 Å². The number of fused-ring (bicyclic) bond motifs is 2. The van der Waals surface area contributed by atoms with Crippen LogP contribution < -0.4 is 4.74 Å². The van der Waals surface area contributed by atoms with Gasteiger partial charge in [0.1, 0.15) is 5.75 Å². The first-order chi connectivity index (χ1) is 14.7. The highest BCUT2D eigenvalue weighted by Gasteiger charge is 2.23.